The van der Waals surface area contributed by atoms with E-state index in [-0.39, 0.29) is 11.7 Å². The Labute approximate surface area is 143 Å². The minimum atomic E-state index is -0.173. The number of hydrogen-bond donors (Lipinski definition) is 0. The van der Waals surface area contributed by atoms with Crippen LogP contribution in [-0.4, -0.2) is 28.9 Å². The summed E-state index contributed by atoms with van der Waals surface area (Å²) in [6.45, 7) is 5.51. The third-order valence-corrected chi connectivity index (χ3v) is 5.45. The van der Waals surface area contributed by atoms with E-state index in [1.54, 1.807) is 0 Å². The number of aromatic nitrogens is 2. The highest BCUT2D eigenvalue weighted by molar-refractivity contribution is 5.53. The van der Waals surface area contributed by atoms with Gasteiger partial charge in [0.15, 0.2) is 6.29 Å². The number of allylic oxidation sites excluding steroid dienone is 1. The topological polar surface area (TPSA) is 35.8 Å². The van der Waals surface area contributed by atoms with Gasteiger partial charge in [0.2, 0.25) is 0 Å². The molecule has 2 aliphatic rings. The van der Waals surface area contributed by atoms with Gasteiger partial charge >= 0.3 is 0 Å². The molecule has 24 heavy (non-hydrogen) atoms. The molecule has 4 heteroatoms. The molecule has 0 N–H and O–H groups in total. The van der Waals surface area contributed by atoms with Gasteiger partial charge in [0.1, 0.15) is 5.82 Å². The third kappa shape index (κ3) is 3.01. The molecule has 0 unspecified atom stereocenters. The Bertz CT molecular complexity index is 705. The van der Waals surface area contributed by atoms with E-state index in [2.05, 4.69) is 29.3 Å². The number of imidazole rings is 1. The molecule has 128 valence electrons. The van der Waals surface area contributed by atoms with Gasteiger partial charge in [0.25, 0.3) is 0 Å². The first kappa shape index (κ1) is 15.9. The first-order valence-electron chi connectivity index (χ1n) is 9.09. The van der Waals surface area contributed by atoms with Crippen molar-refractivity contribution in [2.45, 2.75) is 51.2 Å². The predicted molar refractivity (Wildman–Crippen MR) is 94.0 cm³/mol. The Morgan fingerprint density at radius 3 is 2.75 bits per heavy atom. The van der Waals surface area contributed by atoms with E-state index in [1.807, 2.05) is 12.1 Å². The van der Waals surface area contributed by atoms with E-state index < -0.39 is 0 Å². The van der Waals surface area contributed by atoms with Crippen LogP contribution in [0.15, 0.2) is 37.1 Å². The minimum Gasteiger partial charge on any atom is -0.352 e. The summed E-state index contributed by atoms with van der Waals surface area (Å²) in [6.07, 6.45) is 11.7. The second-order valence-corrected chi connectivity index (χ2v) is 7.24. The number of rotatable bonds is 4. The number of nitrogens with zero attached hydrogens (tertiary/aromatic N) is 2. The largest absolute Gasteiger partial charge is 0.352 e. The summed E-state index contributed by atoms with van der Waals surface area (Å²) in [5.74, 6) is 1.02. The molecule has 0 bridgehead atoms. The lowest BCUT2D eigenvalue weighted by atomic mass is 9.75. The summed E-state index contributed by atoms with van der Waals surface area (Å²) in [5.41, 5.74) is 2.47. The number of pyridine rings is 1. The van der Waals surface area contributed by atoms with Gasteiger partial charge in [-0.05, 0) is 25.0 Å². The second kappa shape index (κ2) is 6.69. The highest BCUT2D eigenvalue weighted by atomic mass is 16.7. The van der Waals surface area contributed by atoms with Crippen molar-refractivity contribution in [3.8, 4) is 0 Å². The third-order valence-electron chi connectivity index (χ3n) is 5.45. The number of ether oxygens (including phenoxy) is 2. The Morgan fingerprint density at radius 1 is 1.21 bits per heavy atom. The molecule has 1 aliphatic carbocycles. The second-order valence-electron chi connectivity index (χ2n) is 7.24. The van der Waals surface area contributed by atoms with Gasteiger partial charge in [-0.25, -0.2) is 4.98 Å². The van der Waals surface area contributed by atoms with Crippen LogP contribution in [0.25, 0.3) is 5.52 Å². The Balaban J connectivity index is 1.48. The summed E-state index contributed by atoms with van der Waals surface area (Å²) >= 11 is 0. The van der Waals surface area contributed by atoms with Crippen molar-refractivity contribution in [1.29, 1.82) is 0 Å². The molecule has 4 rings (SSSR count). The summed E-state index contributed by atoms with van der Waals surface area (Å²) in [5, 5.41) is 0. The average Bonchev–Trinajstić information content (AvgIpc) is 2.96. The van der Waals surface area contributed by atoms with Gasteiger partial charge < -0.3 is 13.9 Å². The summed E-state index contributed by atoms with van der Waals surface area (Å²) in [7, 11) is 0. The van der Waals surface area contributed by atoms with Crippen molar-refractivity contribution in [2.24, 2.45) is 5.41 Å². The van der Waals surface area contributed by atoms with E-state index in [0.29, 0.717) is 6.42 Å². The Hall–Kier alpha value is -1.65. The van der Waals surface area contributed by atoms with Gasteiger partial charge in [-0.1, -0.05) is 31.4 Å². The van der Waals surface area contributed by atoms with Gasteiger partial charge in [-0.15, -0.1) is 6.58 Å². The van der Waals surface area contributed by atoms with Crippen molar-refractivity contribution in [1.82, 2.24) is 9.38 Å². The highest BCUT2D eigenvalue weighted by Gasteiger charge is 2.38. The maximum atomic E-state index is 6.10. The lowest BCUT2D eigenvalue weighted by molar-refractivity contribution is -0.234. The molecule has 2 aromatic rings. The molecule has 0 amide bonds. The van der Waals surface area contributed by atoms with Gasteiger partial charge in [0, 0.05) is 24.5 Å². The van der Waals surface area contributed by atoms with E-state index in [4.69, 9.17) is 14.5 Å². The van der Waals surface area contributed by atoms with Gasteiger partial charge in [-0.3, -0.25) is 0 Å². The average molecular weight is 326 g/mol. The fourth-order valence-corrected chi connectivity index (χ4v) is 4.09. The van der Waals surface area contributed by atoms with Crippen molar-refractivity contribution in [2.75, 3.05) is 13.2 Å². The summed E-state index contributed by atoms with van der Waals surface area (Å²) in [4.78, 5) is 4.81. The Kier molecular flexibility index (Phi) is 4.42. The van der Waals surface area contributed by atoms with Crippen molar-refractivity contribution < 1.29 is 9.47 Å². The zero-order valence-corrected chi connectivity index (χ0v) is 14.2. The molecule has 1 saturated heterocycles. The molecule has 1 saturated carbocycles. The maximum Gasteiger partial charge on any atom is 0.163 e. The number of fused-ring (bicyclic) bond motifs is 1. The van der Waals surface area contributed by atoms with Crippen LogP contribution >= 0.6 is 0 Å². The predicted octanol–water partition coefficient (Wildman–Crippen LogP) is 3.93. The molecule has 0 atom stereocenters. The van der Waals surface area contributed by atoms with Crippen molar-refractivity contribution in [3.63, 3.8) is 0 Å². The normalized spacial score (nSPS) is 21.3. The SMILES string of the molecule is C=CCc1nc(CC2OCC3(CCCCC3)CO2)c2ccccn12. The number of hydrogen-bond acceptors (Lipinski definition) is 3. The van der Waals surface area contributed by atoms with Crippen LogP contribution in [0.4, 0.5) is 0 Å². The molecular weight excluding hydrogens is 300 g/mol. The summed E-state index contributed by atoms with van der Waals surface area (Å²) in [6, 6.07) is 6.20. The van der Waals surface area contributed by atoms with Crippen LogP contribution in [0.5, 0.6) is 0 Å². The fraction of sp³-hybridized carbons (Fsp3) is 0.550. The summed E-state index contributed by atoms with van der Waals surface area (Å²) < 4.78 is 14.3. The molecule has 4 nitrogen and oxygen atoms in total. The monoisotopic (exact) mass is 326 g/mol. The van der Waals surface area contributed by atoms with Crippen LogP contribution < -0.4 is 0 Å². The molecular formula is C20H26N2O2. The lowest BCUT2D eigenvalue weighted by Crippen LogP contribution is -2.43. The molecule has 2 fully saturated rings. The van der Waals surface area contributed by atoms with Crippen LogP contribution in [0.2, 0.25) is 0 Å². The zero-order valence-electron chi connectivity index (χ0n) is 14.2. The van der Waals surface area contributed by atoms with Gasteiger partial charge in [-0.2, -0.15) is 0 Å². The minimum absolute atomic E-state index is 0.173. The Morgan fingerprint density at radius 2 is 2.00 bits per heavy atom. The van der Waals surface area contributed by atoms with E-state index in [9.17, 15) is 0 Å². The van der Waals surface area contributed by atoms with Crippen molar-refractivity contribution in [3.05, 3.63) is 48.6 Å². The quantitative estimate of drug-likeness (QED) is 0.799. The maximum absolute atomic E-state index is 6.10. The van der Waals surface area contributed by atoms with Gasteiger partial charge in [0.05, 0.1) is 24.4 Å². The molecule has 1 aliphatic heterocycles. The van der Waals surface area contributed by atoms with Crippen molar-refractivity contribution >= 4 is 5.52 Å². The van der Waals surface area contributed by atoms with Crippen LogP contribution in [-0.2, 0) is 22.3 Å². The first-order chi connectivity index (χ1) is 11.8. The smallest absolute Gasteiger partial charge is 0.163 e. The van der Waals surface area contributed by atoms with Crippen LogP contribution in [0, 0.1) is 5.41 Å². The van der Waals surface area contributed by atoms with E-state index in [0.717, 1.165) is 36.7 Å². The molecule has 2 aromatic heterocycles. The first-order valence-corrected chi connectivity index (χ1v) is 9.09. The lowest BCUT2D eigenvalue weighted by Gasteiger charge is -2.42. The van der Waals surface area contributed by atoms with E-state index >= 15 is 0 Å². The molecule has 0 radical (unpaired) electrons. The van der Waals surface area contributed by atoms with Crippen LogP contribution in [0.3, 0.4) is 0 Å². The molecule has 1 spiro atoms. The fourth-order valence-electron chi connectivity index (χ4n) is 4.09. The highest BCUT2D eigenvalue weighted by Crippen LogP contribution is 2.39. The molecule has 0 aromatic carbocycles. The molecule has 3 heterocycles. The van der Waals surface area contributed by atoms with E-state index in [1.165, 1.54) is 32.1 Å². The zero-order chi connectivity index (χ0) is 16.4. The standard InChI is InChI=1S/C20H26N2O2/c1-2-8-18-21-16(17-9-4-7-12-22(17)18)13-19-23-14-20(15-24-19)10-5-3-6-11-20/h2,4,7,9,12,19H,1,3,5-6,8,10-11,13-15H2. The van der Waals surface area contributed by atoms with Crippen LogP contribution in [0.1, 0.15) is 43.6 Å².